The van der Waals surface area contributed by atoms with Crippen LogP contribution in [0.2, 0.25) is 0 Å². The van der Waals surface area contributed by atoms with Gasteiger partial charge in [-0.1, -0.05) is 13.3 Å². The second-order valence-electron chi connectivity index (χ2n) is 6.49. The van der Waals surface area contributed by atoms with Gasteiger partial charge in [-0.3, -0.25) is 5.10 Å². The number of methoxy groups -OCH3 is 1. The summed E-state index contributed by atoms with van der Waals surface area (Å²) in [6, 6.07) is -0.0273. The summed E-state index contributed by atoms with van der Waals surface area (Å²) in [6.07, 6.45) is 4.65. The molecule has 1 saturated carbocycles. The van der Waals surface area contributed by atoms with Crippen molar-refractivity contribution in [2.45, 2.75) is 39.2 Å². The van der Waals surface area contributed by atoms with E-state index in [4.69, 9.17) is 4.74 Å². The Labute approximate surface area is 130 Å². The van der Waals surface area contributed by atoms with Gasteiger partial charge < -0.3 is 15.0 Å². The van der Waals surface area contributed by atoms with Gasteiger partial charge in [-0.25, -0.2) is 9.78 Å². The van der Waals surface area contributed by atoms with E-state index in [0.717, 1.165) is 37.9 Å². The molecule has 2 heterocycles. The molecule has 122 valence electrons. The molecule has 0 aromatic carbocycles. The van der Waals surface area contributed by atoms with Crippen molar-refractivity contribution < 1.29 is 9.53 Å². The Morgan fingerprint density at radius 3 is 2.82 bits per heavy atom. The van der Waals surface area contributed by atoms with E-state index < -0.39 is 0 Å². The first kappa shape index (κ1) is 15.3. The third kappa shape index (κ3) is 2.82. The summed E-state index contributed by atoms with van der Waals surface area (Å²) in [7, 11) is 1.75. The van der Waals surface area contributed by atoms with E-state index in [1.165, 1.54) is 19.3 Å². The van der Waals surface area contributed by atoms with Gasteiger partial charge in [0.2, 0.25) is 0 Å². The molecule has 0 unspecified atom stereocenters. The van der Waals surface area contributed by atoms with Crippen molar-refractivity contribution in [3.05, 3.63) is 11.6 Å². The van der Waals surface area contributed by atoms with Crippen LogP contribution >= 0.6 is 0 Å². The lowest BCUT2D eigenvalue weighted by Crippen LogP contribution is -2.66. The summed E-state index contributed by atoms with van der Waals surface area (Å²) in [4.78, 5) is 18.4. The quantitative estimate of drug-likeness (QED) is 0.830. The number of hydrogen-bond acceptors (Lipinski definition) is 4. The van der Waals surface area contributed by atoms with Crippen molar-refractivity contribution in [1.29, 1.82) is 0 Å². The highest BCUT2D eigenvalue weighted by molar-refractivity contribution is 5.75. The van der Waals surface area contributed by atoms with Crippen LogP contribution in [-0.4, -0.2) is 52.9 Å². The molecule has 22 heavy (non-hydrogen) atoms. The summed E-state index contributed by atoms with van der Waals surface area (Å²) >= 11 is 0. The van der Waals surface area contributed by atoms with Crippen LogP contribution in [0.3, 0.4) is 0 Å². The Balaban J connectivity index is 1.47. The van der Waals surface area contributed by atoms with Gasteiger partial charge in [0.1, 0.15) is 5.82 Å². The van der Waals surface area contributed by atoms with Crippen LogP contribution in [0.5, 0.6) is 0 Å². The first-order valence-electron chi connectivity index (χ1n) is 8.09. The number of aromatic amines is 1. The summed E-state index contributed by atoms with van der Waals surface area (Å²) in [6.45, 7) is 4.75. The lowest BCUT2D eigenvalue weighted by atomic mass is 9.61. The smallest absolute Gasteiger partial charge is 0.317 e. The SMILES string of the molecule is CCc1n[nH]c(CNC(=O)N2CC(COC)(C3CCC3)C2)n1. The van der Waals surface area contributed by atoms with Gasteiger partial charge in [0.15, 0.2) is 5.82 Å². The molecule has 1 aromatic heterocycles. The molecule has 7 heteroatoms. The van der Waals surface area contributed by atoms with Crippen LogP contribution in [-0.2, 0) is 17.7 Å². The van der Waals surface area contributed by atoms with Crippen LogP contribution in [0, 0.1) is 11.3 Å². The van der Waals surface area contributed by atoms with Gasteiger partial charge in [-0.05, 0) is 18.8 Å². The molecule has 2 fully saturated rings. The van der Waals surface area contributed by atoms with Gasteiger partial charge >= 0.3 is 6.03 Å². The maximum atomic E-state index is 12.2. The van der Waals surface area contributed by atoms with Crippen molar-refractivity contribution in [3.8, 4) is 0 Å². The van der Waals surface area contributed by atoms with Crippen molar-refractivity contribution in [3.63, 3.8) is 0 Å². The van der Waals surface area contributed by atoms with Crippen LogP contribution < -0.4 is 5.32 Å². The average Bonchev–Trinajstić information content (AvgIpc) is 2.87. The van der Waals surface area contributed by atoms with E-state index >= 15 is 0 Å². The van der Waals surface area contributed by atoms with E-state index in [1.54, 1.807) is 7.11 Å². The number of nitrogens with one attached hydrogen (secondary N) is 2. The highest BCUT2D eigenvalue weighted by Crippen LogP contribution is 2.47. The minimum absolute atomic E-state index is 0.0273. The molecule has 3 rings (SSSR count). The van der Waals surface area contributed by atoms with Gasteiger partial charge in [0, 0.05) is 32.0 Å². The number of H-pyrrole nitrogens is 1. The van der Waals surface area contributed by atoms with Crippen molar-refractivity contribution in [2.75, 3.05) is 26.8 Å². The number of amides is 2. The van der Waals surface area contributed by atoms with E-state index in [-0.39, 0.29) is 11.4 Å². The fourth-order valence-electron chi connectivity index (χ4n) is 3.48. The zero-order valence-electron chi connectivity index (χ0n) is 13.4. The van der Waals surface area contributed by atoms with E-state index in [0.29, 0.717) is 12.4 Å². The maximum Gasteiger partial charge on any atom is 0.317 e. The number of nitrogens with zero attached hydrogens (tertiary/aromatic N) is 3. The molecule has 1 aliphatic carbocycles. The van der Waals surface area contributed by atoms with Crippen molar-refractivity contribution >= 4 is 6.03 Å². The molecule has 0 bridgehead atoms. The van der Waals surface area contributed by atoms with E-state index in [1.807, 2.05) is 11.8 Å². The maximum absolute atomic E-state index is 12.2. The Morgan fingerprint density at radius 2 is 2.27 bits per heavy atom. The number of carbonyl (C=O) groups excluding carboxylic acids is 1. The lowest BCUT2D eigenvalue weighted by Gasteiger charge is -2.56. The minimum atomic E-state index is -0.0273. The number of rotatable bonds is 6. The standard InChI is InChI=1S/C15H25N5O2/c1-3-12-17-13(19-18-12)7-16-14(21)20-8-15(9-20,10-22-2)11-5-4-6-11/h11H,3-10H2,1-2H3,(H,16,21)(H,17,18,19). The van der Waals surface area contributed by atoms with Gasteiger partial charge in [0.05, 0.1) is 13.2 Å². The number of urea groups is 1. The normalized spacial score (nSPS) is 20.4. The number of aryl methyl sites for hydroxylation is 1. The predicted molar refractivity (Wildman–Crippen MR) is 81.2 cm³/mol. The summed E-state index contributed by atoms with van der Waals surface area (Å²) in [5.41, 5.74) is 0.186. The number of aromatic nitrogens is 3. The molecule has 7 nitrogen and oxygen atoms in total. The number of carbonyl (C=O) groups is 1. The molecule has 2 amide bonds. The Morgan fingerprint density at radius 1 is 1.50 bits per heavy atom. The van der Waals surface area contributed by atoms with E-state index in [9.17, 15) is 4.79 Å². The summed E-state index contributed by atoms with van der Waals surface area (Å²) < 4.78 is 5.40. The molecule has 0 atom stereocenters. The topological polar surface area (TPSA) is 83.1 Å². The number of hydrogen-bond donors (Lipinski definition) is 2. The Bertz CT molecular complexity index is 520. The zero-order chi connectivity index (χ0) is 15.6. The monoisotopic (exact) mass is 307 g/mol. The molecule has 1 aromatic rings. The van der Waals surface area contributed by atoms with E-state index in [2.05, 4.69) is 20.5 Å². The van der Waals surface area contributed by atoms with Gasteiger partial charge in [-0.2, -0.15) is 5.10 Å². The van der Waals surface area contributed by atoms with Crippen molar-refractivity contribution in [1.82, 2.24) is 25.4 Å². The third-order valence-corrected chi connectivity index (χ3v) is 5.00. The fourth-order valence-corrected chi connectivity index (χ4v) is 3.48. The Kier molecular flexibility index (Phi) is 4.33. The zero-order valence-corrected chi connectivity index (χ0v) is 13.4. The first-order chi connectivity index (χ1) is 10.7. The summed E-state index contributed by atoms with van der Waals surface area (Å²) in [5.74, 6) is 2.20. The highest BCUT2D eigenvalue weighted by Gasteiger charge is 2.51. The van der Waals surface area contributed by atoms with Crippen LogP contribution in [0.15, 0.2) is 0 Å². The molecule has 1 saturated heterocycles. The van der Waals surface area contributed by atoms with Crippen LogP contribution in [0.25, 0.3) is 0 Å². The highest BCUT2D eigenvalue weighted by atomic mass is 16.5. The molecule has 0 spiro atoms. The molecule has 2 aliphatic rings. The Hall–Kier alpha value is -1.63. The predicted octanol–water partition coefficient (Wildman–Crippen LogP) is 1.33. The second kappa shape index (κ2) is 6.24. The third-order valence-electron chi connectivity index (χ3n) is 5.00. The van der Waals surface area contributed by atoms with Crippen LogP contribution in [0.4, 0.5) is 4.79 Å². The van der Waals surface area contributed by atoms with Gasteiger partial charge in [-0.15, -0.1) is 0 Å². The first-order valence-corrected chi connectivity index (χ1v) is 8.09. The molecule has 1 aliphatic heterocycles. The molecule has 0 radical (unpaired) electrons. The second-order valence-corrected chi connectivity index (χ2v) is 6.49. The number of likely N-dealkylation sites (tertiary alicyclic amines) is 1. The summed E-state index contributed by atoms with van der Waals surface area (Å²) in [5, 5.41) is 9.81. The number of ether oxygens (including phenoxy) is 1. The lowest BCUT2D eigenvalue weighted by molar-refractivity contribution is -0.0939. The van der Waals surface area contributed by atoms with Crippen molar-refractivity contribution in [2.24, 2.45) is 11.3 Å². The van der Waals surface area contributed by atoms with Crippen LogP contribution in [0.1, 0.15) is 37.8 Å². The van der Waals surface area contributed by atoms with Gasteiger partial charge in [0.25, 0.3) is 0 Å². The average molecular weight is 307 g/mol. The molecular weight excluding hydrogens is 282 g/mol. The fraction of sp³-hybridized carbons (Fsp3) is 0.800. The minimum Gasteiger partial charge on any atom is -0.384 e. The largest absolute Gasteiger partial charge is 0.384 e. The molecule has 2 N–H and O–H groups in total. The molecular formula is C15H25N5O2.